The molecule has 0 aliphatic carbocycles. The Morgan fingerprint density at radius 3 is 1.13 bits per heavy atom. The molecule has 53 heavy (non-hydrogen) atoms. The molecule has 0 N–H and O–H groups in total. The standard InChI is InChI=1S/C49H40O4/c1-34-9-13-37(14-10-34)47(50)39-17-25-43(26-18-39)52-45-29-21-41(22-30-45)49(2,3)42-23-31-46(32-24-42)53-44-27-19-40(20-28-44)48(51)38-15-11-36(12-16-38)33-35-7-5-4-6-8-35/h4-32H,33H2,1-3H3. The van der Waals surface area contributed by atoms with Gasteiger partial charge in [-0.25, -0.2) is 0 Å². The number of hydrogen-bond acceptors (Lipinski definition) is 4. The van der Waals surface area contributed by atoms with Crippen LogP contribution in [0.4, 0.5) is 0 Å². The van der Waals surface area contributed by atoms with Crippen LogP contribution in [0.3, 0.4) is 0 Å². The first-order valence-corrected chi connectivity index (χ1v) is 17.8. The summed E-state index contributed by atoms with van der Waals surface area (Å²) in [5, 5.41) is 0. The van der Waals surface area contributed by atoms with E-state index in [0.29, 0.717) is 39.5 Å². The first-order valence-electron chi connectivity index (χ1n) is 17.8. The molecule has 0 heterocycles. The highest BCUT2D eigenvalue weighted by atomic mass is 16.5. The first kappa shape index (κ1) is 34.9. The fraction of sp³-hybridized carbons (Fsp3) is 0.102. The minimum atomic E-state index is -0.267. The molecule has 0 saturated carbocycles. The van der Waals surface area contributed by atoms with Crippen LogP contribution in [0.25, 0.3) is 0 Å². The van der Waals surface area contributed by atoms with Gasteiger partial charge in [0, 0.05) is 27.7 Å². The molecule has 0 atom stereocenters. The second kappa shape index (κ2) is 15.4. The van der Waals surface area contributed by atoms with E-state index < -0.39 is 0 Å². The smallest absolute Gasteiger partial charge is 0.193 e. The van der Waals surface area contributed by atoms with Crippen LogP contribution >= 0.6 is 0 Å². The van der Waals surface area contributed by atoms with Crippen LogP contribution in [-0.4, -0.2) is 11.6 Å². The van der Waals surface area contributed by atoms with Crippen molar-refractivity contribution in [3.63, 3.8) is 0 Å². The third-order valence-corrected chi connectivity index (χ3v) is 9.64. The van der Waals surface area contributed by atoms with E-state index in [1.54, 1.807) is 12.1 Å². The van der Waals surface area contributed by atoms with Crippen LogP contribution in [0.5, 0.6) is 23.0 Å². The highest BCUT2D eigenvalue weighted by Gasteiger charge is 2.23. The maximum Gasteiger partial charge on any atom is 0.193 e. The summed E-state index contributed by atoms with van der Waals surface area (Å²) < 4.78 is 12.2. The van der Waals surface area contributed by atoms with Gasteiger partial charge >= 0.3 is 0 Å². The zero-order valence-electron chi connectivity index (χ0n) is 30.1. The van der Waals surface area contributed by atoms with Crippen LogP contribution in [-0.2, 0) is 11.8 Å². The molecule has 0 aromatic heterocycles. The molecule has 4 nitrogen and oxygen atoms in total. The van der Waals surface area contributed by atoms with Gasteiger partial charge in [0.25, 0.3) is 0 Å². The molecule has 0 bridgehead atoms. The molecule has 0 aliphatic rings. The number of rotatable bonds is 12. The van der Waals surface area contributed by atoms with Gasteiger partial charge in [-0.2, -0.15) is 0 Å². The normalized spacial score (nSPS) is 11.2. The van der Waals surface area contributed by atoms with Crippen molar-refractivity contribution in [1.82, 2.24) is 0 Å². The van der Waals surface area contributed by atoms with Gasteiger partial charge in [-0.05, 0) is 108 Å². The Balaban J connectivity index is 0.936. The van der Waals surface area contributed by atoms with Crippen molar-refractivity contribution in [2.75, 3.05) is 0 Å². The van der Waals surface area contributed by atoms with Gasteiger partial charge in [-0.1, -0.05) is 123 Å². The van der Waals surface area contributed by atoms with Crippen LogP contribution in [0.15, 0.2) is 176 Å². The van der Waals surface area contributed by atoms with E-state index in [1.807, 2.05) is 134 Å². The molecule has 0 fully saturated rings. The third kappa shape index (κ3) is 8.35. The van der Waals surface area contributed by atoms with Gasteiger partial charge in [0.2, 0.25) is 0 Å². The zero-order chi connectivity index (χ0) is 36.8. The van der Waals surface area contributed by atoms with Crippen molar-refractivity contribution in [2.45, 2.75) is 32.6 Å². The lowest BCUT2D eigenvalue weighted by atomic mass is 9.78. The van der Waals surface area contributed by atoms with Crippen molar-refractivity contribution in [2.24, 2.45) is 0 Å². The summed E-state index contributed by atoms with van der Waals surface area (Å²) >= 11 is 0. The highest BCUT2D eigenvalue weighted by Crippen LogP contribution is 2.35. The summed E-state index contributed by atoms with van der Waals surface area (Å²) in [6.45, 7) is 6.38. The molecule has 0 amide bonds. The molecule has 4 heteroatoms. The van der Waals surface area contributed by atoms with E-state index in [4.69, 9.17) is 9.47 Å². The van der Waals surface area contributed by atoms with Gasteiger partial charge in [0.15, 0.2) is 11.6 Å². The Bertz CT molecular complexity index is 2300. The van der Waals surface area contributed by atoms with E-state index in [-0.39, 0.29) is 17.0 Å². The lowest BCUT2D eigenvalue weighted by Gasteiger charge is -2.26. The second-order valence-corrected chi connectivity index (χ2v) is 13.8. The lowest BCUT2D eigenvalue weighted by Crippen LogP contribution is -2.18. The molecule has 7 rings (SSSR count). The van der Waals surface area contributed by atoms with E-state index in [9.17, 15) is 9.59 Å². The van der Waals surface area contributed by atoms with Gasteiger partial charge in [0.1, 0.15) is 23.0 Å². The molecule has 0 spiro atoms. The molecule has 0 radical (unpaired) electrons. The lowest BCUT2D eigenvalue weighted by molar-refractivity contribution is 0.103. The van der Waals surface area contributed by atoms with Crippen molar-refractivity contribution in [1.29, 1.82) is 0 Å². The largest absolute Gasteiger partial charge is 0.457 e. The Morgan fingerprint density at radius 2 is 0.736 bits per heavy atom. The molecule has 7 aromatic rings. The van der Waals surface area contributed by atoms with Crippen LogP contribution < -0.4 is 9.47 Å². The van der Waals surface area contributed by atoms with Gasteiger partial charge < -0.3 is 9.47 Å². The molecule has 0 unspecified atom stereocenters. The molecular weight excluding hydrogens is 653 g/mol. The minimum Gasteiger partial charge on any atom is -0.457 e. The summed E-state index contributed by atoms with van der Waals surface area (Å²) in [5.74, 6) is 2.73. The Labute approximate surface area is 311 Å². The Hall–Kier alpha value is -6.52. The van der Waals surface area contributed by atoms with Crippen molar-refractivity contribution in [3.05, 3.63) is 226 Å². The van der Waals surface area contributed by atoms with Crippen molar-refractivity contribution < 1.29 is 19.1 Å². The van der Waals surface area contributed by atoms with E-state index in [0.717, 1.165) is 28.9 Å². The Morgan fingerprint density at radius 1 is 0.415 bits per heavy atom. The topological polar surface area (TPSA) is 52.6 Å². The average molecular weight is 693 g/mol. The highest BCUT2D eigenvalue weighted by molar-refractivity contribution is 6.09. The Kier molecular flexibility index (Phi) is 10.1. The van der Waals surface area contributed by atoms with E-state index >= 15 is 0 Å². The monoisotopic (exact) mass is 692 g/mol. The summed E-state index contributed by atoms with van der Waals surface area (Å²) in [6, 6.07) is 56.5. The minimum absolute atomic E-state index is 0.0118. The summed E-state index contributed by atoms with van der Waals surface area (Å²) in [7, 11) is 0. The zero-order valence-corrected chi connectivity index (χ0v) is 30.1. The maximum absolute atomic E-state index is 13.2. The number of benzene rings is 7. The summed E-state index contributed by atoms with van der Waals surface area (Å²) in [4.78, 5) is 26.0. The summed E-state index contributed by atoms with van der Waals surface area (Å²) in [5.41, 5.74) is 8.11. The van der Waals surface area contributed by atoms with Gasteiger partial charge in [-0.3, -0.25) is 9.59 Å². The molecule has 260 valence electrons. The first-order chi connectivity index (χ1) is 25.7. The van der Waals surface area contributed by atoms with Gasteiger partial charge in [-0.15, -0.1) is 0 Å². The fourth-order valence-electron chi connectivity index (χ4n) is 6.31. The number of ketones is 2. The number of ether oxygens (including phenoxy) is 2. The SMILES string of the molecule is Cc1ccc(C(=O)c2ccc(Oc3ccc(C(C)(C)c4ccc(Oc5ccc(C(=O)c6ccc(Cc7ccccc7)cc6)cc5)cc4)cc3)cc2)cc1. The molecule has 0 aliphatic heterocycles. The fourth-order valence-corrected chi connectivity index (χ4v) is 6.31. The third-order valence-electron chi connectivity index (χ3n) is 9.64. The van der Waals surface area contributed by atoms with Crippen LogP contribution in [0.2, 0.25) is 0 Å². The van der Waals surface area contributed by atoms with Crippen molar-refractivity contribution >= 4 is 11.6 Å². The maximum atomic E-state index is 13.2. The second-order valence-electron chi connectivity index (χ2n) is 13.8. The predicted molar refractivity (Wildman–Crippen MR) is 212 cm³/mol. The van der Waals surface area contributed by atoms with E-state index in [2.05, 4.69) is 50.2 Å². The molecule has 0 saturated heterocycles. The molecular formula is C49H40O4. The van der Waals surface area contributed by atoms with Gasteiger partial charge in [0.05, 0.1) is 0 Å². The number of carbonyl (C=O) groups is 2. The molecule has 7 aromatic carbocycles. The van der Waals surface area contributed by atoms with Crippen LogP contribution in [0, 0.1) is 6.92 Å². The quantitative estimate of drug-likeness (QED) is 0.120. The summed E-state index contributed by atoms with van der Waals surface area (Å²) in [6.07, 6.45) is 0.834. The predicted octanol–water partition coefficient (Wildman–Crippen LogP) is 12.0. The average Bonchev–Trinajstić information content (AvgIpc) is 3.19. The van der Waals surface area contributed by atoms with E-state index in [1.165, 1.54) is 11.1 Å². The number of aryl methyl sites for hydroxylation is 1. The number of hydrogen-bond donors (Lipinski definition) is 0. The van der Waals surface area contributed by atoms with Crippen molar-refractivity contribution in [3.8, 4) is 23.0 Å². The number of carbonyl (C=O) groups excluding carboxylic acids is 2. The van der Waals surface area contributed by atoms with Crippen LogP contribution in [0.1, 0.15) is 73.5 Å².